The topological polar surface area (TPSA) is 42.7 Å². The lowest BCUT2D eigenvalue weighted by molar-refractivity contribution is 0.347. The van der Waals surface area contributed by atoms with E-state index in [4.69, 9.17) is 0 Å². The van der Waals surface area contributed by atoms with Gasteiger partial charge in [-0.3, -0.25) is 0 Å². The predicted octanol–water partition coefficient (Wildman–Crippen LogP) is 2.71. The first-order valence-electron chi connectivity index (χ1n) is 8.20. The Hall–Kier alpha value is -1.94. The minimum Gasteiger partial charge on any atom is -0.315 e. The van der Waals surface area contributed by atoms with Gasteiger partial charge in [0, 0.05) is 25.9 Å². The fraction of sp³-hybridized carbons (Fsp3) is 0.444. The zero-order chi connectivity index (χ0) is 15.2. The van der Waals surface area contributed by atoms with Gasteiger partial charge < -0.3 is 9.88 Å². The van der Waals surface area contributed by atoms with E-state index >= 15 is 0 Å². The summed E-state index contributed by atoms with van der Waals surface area (Å²) < 4.78 is 2.32. The van der Waals surface area contributed by atoms with Crippen molar-refractivity contribution in [3.8, 4) is 0 Å². The summed E-state index contributed by atoms with van der Waals surface area (Å²) in [5.41, 5.74) is 1.25. The molecule has 2 aromatic rings. The third-order valence-electron chi connectivity index (χ3n) is 4.24. The Balaban J connectivity index is 1.44. The third kappa shape index (κ3) is 3.63. The molecule has 1 unspecified atom stereocenters. The van der Waals surface area contributed by atoms with Crippen LogP contribution in [0.4, 0.5) is 0 Å². The summed E-state index contributed by atoms with van der Waals surface area (Å²) in [6.45, 7) is 5.18. The fourth-order valence-electron chi connectivity index (χ4n) is 3.01. The number of aromatic nitrogens is 3. The molecular weight excluding hydrogens is 272 g/mol. The molecule has 0 saturated carbocycles. The maximum atomic E-state index is 4.29. The van der Waals surface area contributed by atoms with Crippen LogP contribution in [0.1, 0.15) is 30.6 Å². The lowest BCUT2D eigenvalue weighted by atomic mass is 9.99. The second-order valence-corrected chi connectivity index (χ2v) is 5.87. The zero-order valence-electron chi connectivity index (χ0n) is 13.2. The first-order chi connectivity index (χ1) is 10.9. The van der Waals surface area contributed by atoms with Gasteiger partial charge in [-0.25, -0.2) is 0 Å². The van der Waals surface area contributed by atoms with Crippen molar-refractivity contribution in [1.29, 1.82) is 0 Å². The van der Waals surface area contributed by atoms with Crippen LogP contribution in [0.15, 0.2) is 36.4 Å². The average molecular weight is 296 g/mol. The third-order valence-corrected chi connectivity index (χ3v) is 4.24. The van der Waals surface area contributed by atoms with E-state index in [-0.39, 0.29) is 0 Å². The van der Waals surface area contributed by atoms with Crippen LogP contribution < -0.4 is 5.32 Å². The summed E-state index contributed by atoms with van der Waals surface area (Å²) in [4.78, 5) is 0. The van der Waals surface area contributed by atoms with Gasteiger partial charge in [-0.1, -0.05) is 49.4 Å². The summed E-state index contributed by atoms with van der Waals surface area (Å²) in [5, 5.41) is 12.1. The molecule has 0 fully saturated rings. The molecule has 1 N–H and O–H groups in total. The van der Waals surface area contributed by atoms with Crippen molar-refractivity contribution in [2.24, 2.45) is 5.92 Å². The molecule has 1 atom stereocenters. The van der Waals surface area contributed by atoms with E-state index in [1.807, 2.05) is 6.07 Å². The summed E-state index contributed by atoms with van der Waals surface area (Å²) >= 11 is 0. The van der Waals surface area contributed by atoms with E-state index in [0.29, 0.717) is 5.92 Å². The highest BCUT2D eigenvalue weighted by Crippen LogP contribution is 2.19. The highest BCUT2D eigenvalue weighted by molar-refractivity contribution is 5.48. The molecule has 0 amide bonds. The van der Waals surface area contributed by atoms with E-state index in [1.165, 1.54) is 12.0 Å². The van der Waals surface area contributed by atoms with Gasteiger partial charge in [-0.2, -0.15) is 0 Å². The Morgan fingerprint density at radius 2 is 2.14 bits per heavy atom. The molecular formula is C18H24N4. The number of hydrogen-bond donors (Lipinski definition) is 1. The molecule has 4 heteroatoms. The number of nitrogens with zero attached hydrogens (tertiary/aromatic N) is 3. The van der Waals surface area contributed by atoms with Crippen LogP contribution in [-0.4, -0.2) is 27.9 Å². The zero-order valence-corrected chi connectivity index (χ0v) is 13.2. The molecule has 1 aromatic carbocycles. The van der Waals surface area contributed by atoms with Crippen molar-refractivity contribution in [1.82, 2.24) is 20.1 Å². The van der Waals surface area contributed by atoms with E-state index < -0.39 is 0 Å². The molecule has 2 heterocycles. The second kappa shape index (κ2) is 7.36. The monoisotopic (exact) mass is 296 g/mol. The summed E-state index contributed by atoms with van der Waals surface area (Å²) in [7, 11) is 0. The Kier molecular flexibility index (Phi) is 5.01. The number of hydrogen-bond acceptors (Lipinski definition) is 3. The van der Waals surface area contributed by atoms with Crippen molar-refractivity contribution in [2.45, 2.75) is 32.7 Å². The standard InChI is InChI=1S/C18H24N4/c1-2-17-20-21-18-11-10-16(14-22(17)18)13-19-12-6-9-15-7-4-3-5-8-15/h3-9,16,19H,2,10-14H2,1H3/b9-6+. The first-order valence-corrected chi connectivity index (χ1v) is 8.20. The normalized spacial score (nSPS) is 17.8. The van der Waals surface area contributed by atoms with Crippen LogP contribution in [0.25, 0.3) is 6.08 Å². The van der Waals surface area contributed by atoms with Crippen molar-refractivity contribution < 1.29 is 0 Å². The Labute approximate surface area is 132 Å². The molecule has 4 nitrogen and oxygen atoms in total. The van der Waals surface area contributed by atoms with Crippen molar-refractivity contribution in [3.05, 3.63) is 53.6 Å². The highest BCUT2D eigenvalue weighted by atomic mass is 15.3. The van der Waals surface area contributed by atoms with Crippen molar-refractivity contribution >= 4 is 6.08 Å². The molecule has 0 aliphatic carbocycles. The smallest absolute Gasteiger partial charge is 0.133 e. The van der Waals surface area contributed by atoms with E-state index in [1.54, 1.807) is 0 Å². The quantitative estimate of drug-likeness (QED) is 0.834. The number of fused-ring (bicyclic) bond motifs is 1. The van der Waals surface area contributed by atoms with Gasteiger partial charge in [0.05, 0.1) is 0 Å². The second-order valence-electron chi connectivity index (χ2n) is 5.87. The van der Waals surface area contributed by atoms with Crippen molar-refractivity contribution in [2.75, 3.05) is 13.1 Å². The maximum absolute atomic E-state index is 4.29. The summed E-state index contributed by atoms with van der Waals surface area (Å²) in [6.07, 6.45) is 7.59. The number of nitrogens with one attached hydrogen (secondary N) is 1. The lowest BCUT2D eigenvalue weighted by Gasteiger charge is -2.24. The molecule has 1 aliphatic heterocycles. The predicted molar refractivity (Wildman–Crippen MR) is 89.6 cm³/mol. The summed E-state index contributed by atoms with van der Waals surface area (Å²) in [5.74, 6) is 2.97. The average Bonchev–Trinajstić information content (AvgIpc) is 2.98. The van der Waals surface area contributed by atoms with Crippen molar-refractivity contribution in [3.63, 3.8) is 0 Å². The van der Waals surface area contributed by atoms with Crippen LogP contribution in [0.5, 0.6) is 0 Å². The Morgan fingerprint density at radius 3 is 2.95 bits per heavy atom. The van der Waals surface area contributed by atoms with E-state index in [9.17, 15) is 0 Å². The largest absolute Gasteiger partial charge is 0.315 e. The number of benzene rings is 1. The molecule has 3 rings (SSSR count). The number of aryl methyl sites for hydroxylation is 2. The molecule has 22 heavy (non-hydrogen) atoms. The van der Waals surface area contributed by atoms with Gasteiger partial charge in [0.25, 0.3) is 0 Å². The van der Waals surface area contributed by atoms with Gasteiger partial charge in [0.2, 0.25) is 0 Å². The Bertz CT molecular complexity index is 602. The lowest BCUT2D eigenvalue weighted by Crippen LogP contribution is -2.30. The maximum Gasteiger partial charge on any atom is 0.133 e. The van der Waals surface area contributed by atoms with Gasteiger partial charge >= 0.3 is 0 Å². The minimum atomic E-state index is 0.680. The van der Waals surface area contributed by atoms with E-state index in [0.717, 1.165) is 44.1 Å². The van der Waals surface area contributed by atoms with Gasteiger partial charge in [-0.15, -0.1) is 10.2 Å². The van der Waals surface area contributed by atoms with Crippen LogP contribution in [0, 0.1) is 5.92 Å². The summed E-state index contributed by atoms with van der Waals surface area (Å²) in [6, 6.07) is 10.4. The van der Waals surface area contributed by atoms with Crippen LogP contribution in [0.2, 0.25) is 0 Å². The van der Waals surface area contributed by atoms with Crippen LogP contribution >= 0.6 is 0 Å². The first kappa shape index (κ1) is 15.0. The molecule has 0 spiro atoms. The van der Waals surface area contributed by atoms with Gasteiger partial charge in [-0.05, 0) is 24.4 Å². The molecule has 0 radical (unpaired) electrons. The van der Waals surface area contributed by atoms with E-state index in [2.05, 4.69) is 63.4 Å². The Morgan fingerprint density at radius 1 is 1.27 bits per heavy atom. The van der Waals surface area contributed by atoms with Crippen LogP contribution in [0.3, 0.4) is 0 Å². The fourth-order valence-corrected chi connectivity index (χ4v) is 3.01. The SMILES string of the molecule is CCc1nnc2n1CC(CNC/C=C/c1ccccc1)CC2. The minimum absolute atomic E-state index is 0.680. The molecule has 116 valence electrons. The van der Waals surface area contributed by atoms with Gasteiger partial charge in [0.15, 0.2) is 0 Å². The van der Waals surface area contributed by atoms with Gasteiger partial charge in [0.1, 0.15) is 11.6 Å². The molecule has 1 aromatic heterocycles. The molecule has 0 saturated heterocycles. The number of rotatable bonds is 6. The highest BCUT2D eigenvalue weighted by Gasteiger charge is 2.21. The molecule has 0 bridgehead atoms. The van der Waals surface area contributed by atoms with Crippen LogP contribution in [-0.2, 0) is 19.4 Å². The molecule has 1 aliphatic rings.